The Labute approximate surface area is 123 Å². The number of hydrogen-bond acceptors (Lipinski definition) is 1. The molecule has 2 N–H and O–H groups in total. The van der Waals surface area contributed by atoms with Crippen LogP contribution >= 0.6 is 27.5 Å². The molecule has 0 aliphatic carbocycles. The highest BCUT2D eigenvalue weighted by Gasteiger charge is 2.16. The van der Waals surface area contributed by atoms with Gasteiger partial charge in [-0.2, -0.15) is 0 Å². The van der Waals surface area contributed by atoms with Crippen LogP contribution in [-0.2, 0) is 6.42 Å². The second-order valence-electron chi connectivity index (χ2n) is 4.19. The average Bonchev–Trinajstić information content (AvgIpc) is 2.36. The van der Waals surface area contributed by atoms with E-state index in [0.717, 1.165) is 0 Å². The molecule has 100 valence electrons. The Morgan fingerprint density at radius 2 is 1.84 bits per heavy atom. The second kappa shape index (κ2) is 5.99. The summed E-state index contributed by atoms with van der Waals surface area (Å²) in [6, 6.07) is 8.38. The van der Waals surface area contributed by atoms with Gasteiger partial charge in [0, 0.05) is 16.1 Å². The topological polar surface area (TPSA) is 26.0 Å². The van der Waals surface area contributed by atoms with Gasteiger partial charge in [-0.1, -0.05) is 29.8 Å². The zero-order chi connectivity index (χ0) is 14.0. The fraction of sp³-hybridized carbons (Fsp3) is 0.143. The molecule has 0 aromatic heterocycles. The largest absolute Gasteiger partial charge is 0.324 e. The van der Waals surface area contributed by atoms with E-state index in [9.17, 15) is 8.78 Å². The van der Waals surface area contributed by atoms with Gasteiger partial charge >= 0.3 is 0 Å². The molecule has 5 heteroatoms. The van der Waals surface area contributed by atoms with Crippen molar-refractivity contribution in [2.75, 3.05) is 0 Å². The number of benzene rings is 2. The van der Waals surface area contributed by atoms with E-state index in [1.54, 1.807) is 18.2 Å². The van der Waals surface area contributed by atoms with E-state index in [2.05, 4.69) is 15.9 Å². The van der Waals surface area contributed by atoms with Crippen molar-refractivity contribution in [1.82, 2.24) is 0 Å². The van der Waals surface area contributed by atoms with Crippen LogP contribution in [0.25, 0.3) is 0 Å². The predicted molar refractivity (Wildman–Crippen MR) is 76.1 cm³/mol. The van der Waals surface area contributed by atoms with Crippen LogP contribution in [0.5, 0.6) is 0 Å². The van der Waals surface area contributed by atoms with Crippen LogP contribution < -0.4 is 5.73 Å². The van der Waals surface area contributed by atoms with Crippen LogP contribution in [0.1, 0.15) is 17.2 Å². The quantitative estimate of drug-likeness (QED) is 0.806. The molecule has 0 saturated heterocycles. The Hall–Kier alpha value is -0.970. The molecule has 0 heterocycles. The van der Waals surface area contributed by atoms with Gasteiger partial charge in [-0.15, -0.1) is 0 Å². The van der Waals surface area contributed by atoms with Crippen LogP contribution in [-0.4, -0.2) is 0 Å². The summed E-state index contributed by atoms with van der Waals surface area (Å²) in [5.41, 5.74) is 6.66. The van der Waals surface area contributed by atoms with Crippen molar-refractivity contribution in [3.63, 3.8) is 0 Å². The molecule has 1 unspecified atom stereocenters. The lowest BCUT2D eigenvalue weighted by Gasteiger charge is -2.14. The number of halogens is 4. The maximum absolute atomic E-state index is 13.8. The van der Waals surface area contributed by atoms with Gasteiger partial charge < -0.3 is 5.73 Å². The summed E-state index contributed by atoms with van der Waals surface area (Å²) in [6.45, 7) is 0. The summed E-state index contributed by atoms with van der Waals surface area (Å²) >= 11 is 9.06. The minimum atomic E-state index is -0.650. The molecule has 0 aliphatic rings. The number of rotatable bonds is 3. The lowest BCUT2D eigenvalue weighted by atomic mass is 9.99. The third-order valence-electron chi connectivity index (χ3n) is 2.84. The molecule has 0 saturated carbocycles. The zero-order valence-electron chi connectivity index (χ0n) is 9.84. The van der Waals surface area contributed by atoms with E-state index in [-0.39, 0.29) is 17.8 Å². The molecule has 2 aromatic rings. The van der Waals surface area contributed by atoms with Crippen LogP contribution in [0.2, 0.25) is 5.02 Å². The van der Waals surface area contributed by atoms with Crippen LogP contribution in [0.4, 0.5) is 8.78 Å². The van der Waals surface area contributed by atoms with E-state index >= 15 is 0 Å². The second-order valence-corrected chi connectivity index (χ2v) is 5.45. The predicted octanol–water partition coefficient (Wildman–Crippen LogP) is 4.62. The van der Waals surface area contributed by atoms with E-state index in [0.29, 0.717) is 15.1 Å². The third-order valence-corrected chi connectivity index (χ3v) is 4.03. The van der Waals surface area contributed by atoms with Gasteiger partial charge in [0.2, 0.25) is 0 Å². The van der Waals surface area contributed by atoms with Gasteiger partial charge in [0.15, 0.2) is 0 Å². The molecule has 19 heavy (non-hydrogen) atoms. The first-order valence-electron chi connectivity index (χ1n) is 5.62. The smallest absolute Gasteiger partial charge is 0.129 e. The fourth-order valence-electron chi connectivity index (χ4n) is 1.83. The summed E-state index contributed by atoms with van der Waals surface area (Å²) in [7, 11) is 0. The van der Waals surface area contributed by atoms with Crippen molar-refractivity contribution in [2.45, 2.75) is 12.5 Å². The molecular formula is C14H11BrClF2N. The van der Waals surface area contributed by atoms with Crippen molar-refractivity contribution in [1.29, 1.82) is 0 Å². The summed E-state index contributed by atoms with van der Waals surface area (Å²) in [6.07, 6.45) is 0.210. The van der Waals surface area contributed by atoms with Gasteiger partial charge in [0.1, 0.15) is 11.6 Å². The van der Waals surface area contributed by atoms with Crippen LogP contribution in [0, 0.1) is 11.6 Å². The van der Waals surface area contributed by atoms with Crippen molar-refractivity contribution in [2.24, 2.45) is 5.73 Å². The van der Waals surface area contributed by atoms with E-state index in [1.165, 1.54) is 18.2 Å². The molecule has 0 aliphatic heterocycles. The average molecular weight is 347 g/mol. The monoisotopic (exact) mass is 345 g/mol. The molecule has 0 amide bonds. The lowest BCUT2D eigenvalue weighted by molar-refractivity contribution is 0.563. The number of nitrogens with two attached hydrogens (primary N) is 1. The molecule has 2 rings (SSSR count). The lowest BCUT2D eigenvalue weighted by Crippen LogP contribution is -2.16. The number of hydrogen-bond donors (Lipinski definition) is 1. The minimum Gasteiger partial charge on any atom is -0.324 e. The van der Waals surface area contributed by atoms with Crippen molar-refractivity contribution >= 4 is 27.5 Å². The van der Waals surface area contributed by atoms with Crippen molar-refractivity contribution in [3.05, 3.63) is 68.7 Å². The Kier molecular flexibility index (Phi) is 4.55. The first-order valence-corrected chi connectivity index (χ1v) is 6.79. The molecule has 0 spiro atoms. The molecule has 0 radical (unpaired) electrons. The summed E-state index contributed by atoms with van der Waals surface area (Å²) in [4.78, 5) is 0. The molecule has 1 atom stereocenters. The van der Waals surface area contributed by atoms with Gasteiger partial charge in [-0.25, -0.2) is 8.78 Å². The highest BCUT2D eigenvalue weighted by molar-refractivity contribution is 9.10. The SMILES string of the molecule is NC(Cc1ccccc1F)c1cc(Cl)c(Br)cc1F. The third kappa shape index (κ3) is 3.32. The molecular weight excluding hydrogens is 336 g/mol. The maximum Gasteiger partial charge on any atom is 0.129 e. The van der Waals surface area contributed by atoms with Crippen LogP contribution in [0.3, 0.4) is 0 Å². The van der Waals surface area contributed by atoms with Crippen LogP contribution in [0.15, 0.2) is 40.9 Å². The van der Waals surface area contributed by atoms with Gasteiger partial charge in [-0.3, -0.25) is 0 Å². The summed E-state index contributed by atoms with van der Waals surface area (Å²) in [5.74, 6) is -0.804. The Morgan fingerprint density at radius 1 is 1.16 bits per heavy atom. The van der Waals surface area contributed by atoms with Crippen molar-refractivity contribution in [3.8, 4) is 0 Å². The molecule has 0 fully saturated rings. The van der Waals surface area contributed by atoms with Gasteiger partial charge in [0.05, 0.1) is 5.02 Å². The normalized spacial score (nSPS) is 12.5. The summed E-state index contributed by atoms with van der Waals surface area (Å²) < 4.78 is 27.8. The van der Waals surface area contributed by atoms with Gasteiger partial charge in [-0.05, 0) is 46.1 Å². The van der Waals surface area contributed by atoms with Crippen molar-refractivity contribution < 1.29 is 8.78 Å². The minimum absolute atomic E-state index is 0.210. The van der Waals surface area contributed by atoms with E-state index < -0.39 is 11.9 Å². The van der Waals surface area contributed by atoms with Gasteiger partial charge in [0.25, 0.3) is 0 Å². The maximum atomic E-state index is 13.8. The highest BCUT2D eigenvalue weighted by Crippen LogP contribution is 2.29. The Bertz CT molecular complexity index is 604. The molecule has 1 nitrogen and oxygen atoms in total. The van der Waals surface area contributed by atoms with E-state index in [4.69, 9.17) is 17.3 Å². The standard InChI is InChI=1S/C14H11BrClF2N/c15-10-7-13(18)9(6-11(10)16)14(19)5-8-3-1-2-4-12(8)17/h1-4,6-7,14H,5,19H2. The zero-order valence-corrected chi connectivity index (χ0v) is 12.2. The fourth-order valence-corrected chi connectivity index (χ4v) is 2.32. The van der Waals surface area contributed by atoms with E-state index in [1.807, 2.05) is 0 Å². The Balaban J connectivity index is 2.28. The summed E-state index contributed by atoms with van der Waals surface area (Å²) in [5, 5.41) is 0.375. The molecule has 2 aromatic carbocycles. The molecule has 0 bridgehead atoms. The highest BCUT2D eigenvalue weighted by atomic mass is 79.9. The first kappa shape index (κ1) is 14.4. The Morgan fingerprint density at radius 3 is 2.53 bits per heavy atom. The first-order chi connectivity index (χ1) is 8.99.